The van der Waals surface area contributed by atoms with Crippen LogP contribution in [0.4, 0.5) is 0 Å². The fourth-order valence-electron chi connectivity index (χ4n) is 3.40. The predicted molar refractivity (Wildman–Crippen MR) is 131 cm³/mol. The number of nitrogens with one attached hydrogen (secondary N) is 2. The molecule has 1 atom stereocenters. The zero-order valence-corrected chi connectivity index (χ0v) is 19.7. The van der Waals surface area contributed by atoms with Gasteiger partial charge in [-0.05, 0) is 0 Å². The third-order valence-electron chi connectivity index (χ3n) is 5.11. The molecule has 0 bridgehead atoms. The second-order valence-corrected chi connectivity index (χ2v) is 9.68. The van der Waals surface area contributed by atoms with Crippen LogP contribution in [-0.2, 0) is 20.9 Å². The van der Waals surface area contributed by atoms with Crippen molar-refractivity contribution in [2.75, 3.05) is 6.54 Å². The molecule has 0 aliphatic carbocycles. The number of para-hydroxylation sites is 1. The Labute approximate surface area is 198 Å². The molecule has 6 nitrogen and oxygen atoms in total. The van der Waals surface area contributed by atoms with Crippen LogP contribution in [0.25, 0.3) is 22.2 Å². The van der Waals surface area contributed by atoms with Crippen LogP contribution in [0.1, 0.15) is 5.56 Å². The zero-order valence-electron chi connectivity index (χ0n) is 18.0. The van der Waals surface area contributed by atoms with Gasteiger partial charge in [0.2, 0.25) is 0 Å². The number of carbonyl (C=O) groups is 2. The van der Waals surface area contributed by atoms with E-state index < -0.39 is 12.0 Å². The molecule has 0 radical (unpaired) electrons. The summed E-state index contributed by atoms with van der Waals surface area (Å²) in [5.74, 6) is -0.845. The van der Waals surface area contributed by atoms with Crippen LogP contribution in [0.3, 0.4) is 0 Å². The van der Waals surface area contributed by atoms with Crippen LogP contribution in [0.15, 0.2) is 84.9 Å². The summed E-state index contributed by atoms with van der Waals surface area (Å²) in [4.78, 5) is 27.9. The van der Waals surface area contributed by atoms with E-state index >= 15 is 0 Å². The van der Waals surface area contributed by atoms with Crippen molar-refractivity contribution in [1.82, 2.24) is 10.3 Å². The van der Waals surface area contributed by atoms with Gasteiger partial charge in [0.05, 0.1) is 0 Å². The maximum absolute atomic E-state index is 12.5. The van der Waals surface area contributed by atoms with Crippen molar-refractivity contribution >= 4 is 42.2 Å². The number of fused-ring (bicyclic) bond motifs is 1. The molecule has 0 unspecified atom stereocenters. The molecule has 33 heavy (non-hydrogen) atoms. The van der Waals surface area contributed by atoms with Crippen molar-refractivity contribution in [2.24, 2.45) is 5.73 Å². The van der Waals surface area contributed by atoms with Gasteiger partial charge in [0.1, 0.15) is 0 Å². The van der Waals surface area contributed by atoms with E-state index in [0.717, 1.165) is 27.7 Å². The van der Waals surface area contributed by atoms with Gasteiger partial charge in [-0.3, -0.25) is 0 Å². The number of H-pyrrole nitrogens is 1. The normalized spacial score (nSPS) is 11.8. The Bertz CT molecular complexity index is 1230. The first-order chi connectivity index (χ1) is 16.1. The van der Waals surface area contributed by atoms with Crippen molar-refractivity contribution in [2.45, 2.75) is 18.0 Å². The topological polar surface area (TPSA) is 97.2 Å². The number of ether oxygens (including phenoxy) is 1. The van der Waals surface area contributed by atoms with E-state index in [1.165, 1.54) is 4.46 Å². The van der Waals surface area contributed by atoms with Gasteiger partial charge in [0, 0.05) is 0 Å². The maximum atomic E-state index is 12.5. The quantitative estimate of drug-likeness (QED) is 0.240. The van der Waals surface area contributed by atoms with Crippen LogP contribution in [0, 0.1) is 0 Å². The molecule has 7 heteroatoms. The third kappa shape index (κ3) is 5.90. The number of hydrogen-bond donors (Lipinski definition) is 3. The van der Waals surface area contributed by atoms with Crippen LogP contribution in [0.2, 0.25) is 5.32 Å². The number of carbonyl (C=O) groups excluding carboxylic acids is 2. The van der Waals surface area contributed by atoms with E-state index in [0.29, 0.717) is 5.32 Å². The van der Waals surface area contributed by atoms with E-state index in [-0.39, 0.29) is 34.0 Å². The Morgan fingerprint density at radius 1 is 0.939 bits per heavy atom. The average Bonchev–Trinajstić information content (AvgIpc) is 3.24. The molecule has 1 amide bonds. The molecule has 0 saturated heterocycles. The molecule has 168 valence electrons. The molecule has 4 N–H and O–H groups in total. The SMILES string of the molecule is N[C@@H](C[Se]c1c(-c2ccccc2)[nH]c2ccccc12)C(=O)NCC(=O)OCc1ccccc1. The summed E-state index contributed by atoms with van der Waals surface area (Å²) in [6.45, 7) is -0.0255. The molecule has 0 aliphatic heterocycles. The first kappa shape index (κ1) is 22.8. The van der Waals surface area contributed by atoms with Gasteiger partial charge in [0.15, 0.2) is 0 Å². The molecule has 1 heterocycles. The van der Waals surface area contributed by atoms with Crippen LogP contribution in [0.5, 0.6) is 0 Å². The molecule has 0 spiro atoms. The first-order valence-electron chi connectivity index (χ1n) is 10.6. The number of hydrogen-bond acceptors (Lipinski definition) is 4. The van der Waals surface area contributed by atoms with Gasteiger partial charge in [-0.1, -0.05) is 0 Å². The number of aromatic amines is 1. The number of benzene rings is 3. The van der Waals surface area contributed by atoms with E-state index in [1.54, 1.807) is 0 Å². The van der Waals surface area contributed by atoms with Crippen LogP contribution >= 0.6 is 0 Å². The molecule has 0 aliphatic rings. The van der Waals surface area contributed by atoms with Crippen molar-refractivity contribution in [3.63, 3.8) is 0 Å². The molecular formula is C26H25N3O3Se. The third-order valence-corrected chi connectivity index (χ3v) is 7.71. The summed E-state index contributed by atoms with van der Waals surface area (Å²) >= 11 is -0.0463. The number of esters is 1. The zero-order chi connectivity index (χ0) is 23.0. The van der Waals surface area contributed by atoms with E-state index in [1.807, 2.05) is 60.7 Å². The van der Waals surface area contributed by atoms with Gasteiger partial charge in [-0.25, -0.2) is 0 Å². The summed E-state index contributed by atoms with van der Waals surface area (Å²) in [6, 6.07) is 27.0. The number of aromatic nitrogens is 1. The van der Waals surface area contributed by atoms with Gasteiger partial charge in [-0.15, -0.1) is 0 Å². The van der Waals surface area contributed by atoms with Crippen molar-refractivity contribution in [3.05, 3.63) is 90.5 Å². The summed E-state index contributed by atoms with van der Waals surface area (Å²) in [7, 11) is 0. The van der Waals surface area contributed by atoms with E-state index in [4.69, 9.17) is 10.5 Å². The first-order valence-corrected chi connectivity index (χ1v) is 12.7. The van der Waals surface area contributed by atoms with Crippen LogP contribution < -0.4 is 15.5 Å². The van der Waals surface area contributed by atoms with Crippen molar-refractivity contribution in [1.29, 1.82) is 0 Å². The summed E-state index contributed by atoms with van der Waals surface area (Å²) < 4.78 is 6.38. The Morgan fingerprint density at radius 2 is 1.61 bits per heavy atom. The van der Waals surface area contributed by atoms with Gasteiger partial charge in [-0.2, -0.15) is 0 Å². The van der Waals surface area contributed by atoms with Crippen molar-refractivity contribution < 1.29 is 14.3 Å². The summed E-state index contributed by atoms with van der Waals surface area (Å²) in [6.07, 6.45) is 0. The van der Waals surface area contributed by atoms with E-state index in [9.17, 15) is 9.59 Å². The van der Waals surface area contributed by atoms with Gasteiger partial charge in [0.25, 0.3) is 0 Å². The fraction of sp³-hybridized carbons (Fsp3) is 0.154. The van der Waals surface area contributed by atoms with E-state index in [2.05, 4.69) is 34.6 Å². The standard InChI is InChI=1S/C26H25N3O3Se/c27-21(26(31)28-15-23(30)32-16-18-9-3-1-4-10-18)17-33-25-20-13-7-8-14-22(20)29-24(25)19-11-5-2-6-12-19/h1-14,21,29H,15-17,27H2,(H,28,31)/t21-/m0/s1. The molecule has 0 fully saturated rings. The van der Waals surface area contributed by atoms with Crippen molar-refractivity contribution in [3.8, 4) is 11.3 Å². The Balaban J connectivity index is 1.34. The monoisotopic (exact) mass is 507 g/mol. The number of rotatable bonds is 9. The predicted octanol–water partition coefficient (Wildman–Crippen LogP) is 2.77. The second kappa shape index (κ2) is 11.0. The molecule has 1 aromatic heterocycles. The second-order valence-electron chi connectivity index (χ2n) is 7.52. The minimum absolute atomic E-state index is 0.0463. The minimum atomic E-state index is -0.704. The summed E-state index contributed by atoms with van der Waals surface area (Å²) in [5, 5.41) is 4.26. The fourth-order valence-corrected chi connectivity index (χ4v) is 5.80. The van der Waals surface area contributed by atoms with Gasteiger partial charge >= 0.3 is 199 Å². The number of nitrogens with two attached hydrogens (primary N) is 1. The summed E-state index contributed by atoms with van der Waals surface area (Å²) in [5.41, 5.74) is 10.3. The Hall–Kier alpha value is -3.38. The molecule has 4 rings (SSSR count). The average molecular weight is 506 g/mol. The molecule has 4 aromatic rings. The Morgan fingerprint density at radius 3 is 2.36 bits per heavy atom. The van der Waals surface area contributed by atoms with Crippen LogP contribution in [-0.4, -0.2) is 44.4 Å². The Kier molecular flexibility index (Phi) is 7.58. The number of amides is 1. The molecular weight excluding hydrogens is 481 g/mol. The molecule has 0 saturated carbocycles. The van der Waals surface area contributed by atoms with Gasteiger partial charge < -0.3 is 0 Å². The molecule has 3 aromatic carbocycles.